The maximum atomic E-state index is 12.2. The Hall–Kier alpha value is -0.670. The first kappa shape index (κ1) is 22.5. The maximum Gasteiger partial charge on any atom is 0.160 e. The quantitative estimate of drug-likeness (QED) is 0.567. The van der Waals surface area contributed by atoms with Crippen LogP contribution in [0.2, 0.25) is 0 Å². The fourth-order valence-electron chi connectivity index (χ4n) is 9.04. The largest absolute Gasteiger partial charge is 0.390 e. The molecule has 2 N–H and O–H groups in total. The molecule has 4 aliphatic rings. The van der Waals surface area contributed by atoms with Crippen molar-refractivity contribution in [3.05, 3.63) is 12.2 Å². The van der Waals surface area contributed by atoms with Crippen molar-refractivity contribution in [2.75, 3.05) is 0 Å². The Bertz CT molecular complexity index is 696. The third-order valence-corrected chi connectivity index (χ3v) is 10.8. The zero-order chi connectivity index (χ0) is 21.9. The number of carbonyl (C=O) groups is 1. The van der Waals surface area contributed by atoms with Crippen molar-refractivity contribution >= 4 is 5.78 Å². The zero-order valence-corrected chi connectivity index (χ0v) is 19.8. The highest BCUT2D eigenvalue weighted by molar-refractivity contribution is 5.94. The first-order valence-corrected chi connectivity index (χ1v) is 12.6. The highest BCUT2D eigenvalue weighted by Crippen LogP contribution is 2.68. The maximum absolute atomic E-state index is 12.2. The molecule has 0 saturated heterocycles. The predicted molar refractivity (Wildman–Crippen MR) is 121 cm³/mol. The van der Waals surface area contributed by atoms with Crippen molar-refractivity contribution in [3.8, 4) is 0 Å². The van der Waals surface area contributed by atoms with Crippen LogP contribution in [0.1, 0.15) is 98.3 Å². The molecule has 0 aromatic carbocycles. The van der Waals surface area contributed by atoms with E-state index in [9.17, 15) is 15.0 Å². The van der Waals surface area contributed by atoms with E-state index in [0.29, 0.717) is 16.9 Å². The van der Waals surface area contributed by atoms with Gasteiger partial charge in [0, 0.05) is 6.42 Å². The minimum atomic E-state index is -1.23. The smallest absolute Gasteiger partial charge is 0.160 e. The van der Waals surface area contributed by atoms with E-state index in [-0.39, 0.29) is 23.5 Å². The highest BCUT2D eigenvalue weighted by atomic mass is 16.3. The third kappa shape index (κ3) is 3.34. The molecule has 3 nitrogen and oxygen atoms in total. The van der Waals surface area contributed by atoms with Gasteiger partial charge in [0.25, 0.3) is 0 Å². The summed E-state index contributed by atoms with van der Waals surface area (Å²) in [5.41, 5.74) is -0.182. The standard InChI is InChI=1S/C27H44O3/c1-17(2)22(28)16-24(29)27(5,30)23-12-11-20-19-10-9-18-8-6-7-14-25(18,3)21(19)13-15-26(20,23)4/h18-21,23-24,29-30H,1,6-16H2,2-5H3/t18?,19-,20-,21-,23-,24?,25-,26-,27+/m0/s1. The molecular weight excluding hydrogens is 372 g/mol. The van der Waals surface area contributed by atoms with E-state index in [0.717, 1.165) is 30.6 Å². The summed E-state index contributed by atoms with van der Waals surface area (Å²) in [5.74, 6) is 3.10. The van der Waals surface area contributed by atoms with E-state index in [1.54, 1.807) is 13.8 Å². The van der Waals surface area contributed by atoms with Gasteiger partial charge in [0.15, 0.2) is 5.78 Å². The lowest BCUT2D eigenvalue weighted by Gasteiger charge is -2.61. The minimum absolute atomic E-state index is 0.0224. The lowest BCUT2D eigenvalue weighted by atomic mass is 9.44. The van der Waals surface area contributed by atoms with Gasteiger partial charge in [-0.2, -0.15) is 0 Å². The van der Waals surface area contributed by atoms with Crippen LogP contribution in [0.4, 0.5) is 0 Å². The Morgan fingerprint density at radius 2 is 1.73 bits per heavy atom. The van der Waals surface area contributed by atoms with Gasteiger partial charge in [0.05, 0.1) is 11.7 Å². The molecule has 2 unspecified atom stereocenters. The van der Waals surface area contributed by atoms with Crippen molar-refractivity contribution in [1.29, 1.82) is 0 Å². The molecule has 170 valence electrons. The molecule has 0 aromatic rings. The normalized spacial score (nSPS) is 46.1. The molecule has 0 aromatic heterocycles. The number of aliphatic hydroxyl groups is 2. The lowest BCUT2D eigenvalue weighted by Crippen LogP contribution is -2.57. The number of rotatable bonds is 5. The Kier molecular flexibility index (Phi) is 5.80. The first-order chi connectivity index (χ1) is 14.0. The predicted octanol–water partition coefficient (Wildman–Crippen LogP) is 5.68. The summed E-state index contributed by atoms with van der Waals surface area (Å²) in [4.78, 5) is 12.2. The minimum Gasteiger partial charge on any atom is -0.390 e. The number of hydrogen-bond acceptors (Lipinski definition) is 3. The molecule has 3 heteroatoms. The summed E-state index contributed by atoms with van der Waals surface area (Å²) in [6.07, 6.45) is 11.9. The van der Waals surface area contributed by atoms with Crippen LogP contribution in [0.25, 0.3) is 0 Å². The molecule has 4 rings (SSSR count). The fourth-order valence-corrected chi connectivity index (χ4v) is 9.04. The van der Waals surface area contributed by atoms with Crippen LogP contribution < -0.4 is 0 Å². The second-order valence-electron chi connectivity index (χ2n) is 12.2. The van der Waals surface area contributed by atoms with Gasteiger partial charge < -0.3 is 10.2 Å². The van der Waals surface area contributed by atoms with Gasteiger partial charge in [-0.25, -0.2) is 0 Å². The van der Waals surface area contributed by atoms with Crippen LogP contribution in [0.3, 0.4) is 0 Å². The molecule has 4 aliphatic carbocycles. The first-order valence-electron chi connectivity index (χ1n) is 12.6. The second-order valence-corrected chi connectivity index (χ2v) is 12.2. The number of Topliss-reactive ketones (excluding diaryl/α,β-unsaturated/α-hetero) is 1. The SMILES string of the molecule is C=C(C)C(=O)CC(O)[C@](C)(O)[C@H]1CC[C@H]2[C@@H]3CCC4CCCC[C@]4(C)[C@H]3CC[C@@]21C. The van der Waals surface area contributed by atoms with Crippen molar-refractivity contribution < 1.29 is 15.0 Å². The van der Waals surface area contributed by atoms with Crippen LogP contribution >= 0.6 is 0 Å². The van der Waals surface area contributed by atoms with Crippen LogP contribution in [0.5, 0.6) is 0 Å². The summed E-state index contributed by atoms with van der Waals surface area (Å²) in [6, 6.07) is 0. The van der Waals surface area contributed by atoms with Crippen LogP contribution in [0, 0.1) is 40.4 Å². The monoisotopic (exact) mass is 416 g/mol. The molecule has 0 spiro atoms. The average Bonchev–Trinajstić information content (AvgIpc) is 3.05. The Labute approximate surface area is 183 Å². The van der Waals surface area contributed by atoms with Gasteiger partial charge in [0.2, 0.25) is 0 Å². The van der Waals surface area contributed by atoms with E-state index < -0.39 is 11.7 Å². The summed E-state index contributed by atoms with van der Waals surface area (Å²) < 4.78 is 0. The van der Waals surface area contributed by atoms with E-state index in [4.69, 9.17) is 0 Å². The number of fused-ring (bicyclic) bond motifs is 5. The van der Waals surface area contributed by atoms with Crippen molar-refractivity contribution in [1.82, 2.24) is 0 Å². The molecule has 30 heavy (non-hydrogen) atoms. The fraction of sp³-hybridized carbons (Fsp3) is 0.889. The van der Waals surface area contributed by atoms with E-state index in [1.807, 2.05) is 0 Å². The number of ketones is 1. The van der Waals surface area contributed by atoms with E-state index in [1.165, 1.54) is 51.4 Å². The Morgan fingerprint density at radius 1 is 1.03 bits per heavy atom. The summed E-state index contributed by atoms with van der Waals surface area (Å²) in [7, 11) is 0. The molecule has 4 saturated carbocycles. The van der Waals surface area contributed by atoms with Gasteiger partial charge in [-0.05, 0) is 111 Å². The van der Waals surface area contributed by atoms with Gasteiger partial charge in [-0.15, -0.1) is 0 Å². The van der Waals surface area contributed by atoms with Crippen molar-refractivity contribution in [2.24, 2.45) is 40.4 Å². The summed E-state index contributed by atoms with van der Waals surface area (Å²) >= 11 is 0. The highest BCUT2D eigenvalue weighted by Gasteiger charge is 2.63. The van der Waals surface area contributed by atoms with E-state index >= 15 is 0 Å². The van der Waals surface area contributed by atoms with Crippen LogP contribution in [0.15, 0.2) is 12.2 Å². The Balaban J connectivity index is 1.55. The molecule has 0 aliphatic heterocycles. The van der Waals surface area contributed by atoms with Crippen LogP contribution in [-0.2, 0) is 4.79 Å². The molecule has 0 amide bonds. The summed E-state index contributed by atoms with van der Waals surface area (Å²) in [5, 5.41) is 22.4. The van der Waals surface area contributed by atoms with Gasteiger partial charge in [-0.1, -0.05) is 33.3 Å². The third-order valence-electron chi connectivity index (χ3n) is 10.8. The number of allylic oxidation sites excluding steroid dienone is 1. The van der Waals surface area contributed by atoms with Crippen LogP contribution in [-0.4, -0.2) is 27.7 Å². The number of aliphatic hydroxyl groups excluding tert-OH is 1. The second kappa shape index (κ2) is 7.73. The molecule has 0 radical (unpaired) electrons. The number of carbonyl (C=O) groups excluding carboxylic acids is 1. The number of hydrogen-bond donors (Lipinski definition) is 2. The molecule has 0 heterocycles. The van der Waals surface area contributed by atoms with Gasteiger partial charge >= 0.3 is 0 Å². The lowest BCUT2D eigenvalue weighted by molar-refractivity contribution is -0.164. The average molecular weight is 417 g/mol. The summed E-state index contributed by atoms with van der Waals surface area (Å²) in [6.45, 7) is 12.2. The van der Waals surface area contributed by atoms with Crippen molar-refractivity contribution in [2.45, 2.75) is 110 Å². The zero-order valence-electron chi connectivity index (χ0n) is 19.8. The molecular formula is C27H44O3. The molecule has 9 atom stereocenters. The van der Waals surface area contributed by atoms with Gasteiger partial charge in [-0.3, -0.25) is 4.79 Å². The molecule has 4 fully saturated rings. The molecule has 0 bridgehead atoms. The Morgan fingerprint density at radius 3 is 2.43 bits per heavy atom. The van der Waals surface area contributed by atoms with Crippen molar-refractivity contribution in [3.63, 3.8) is 0 Å². The van der Waals surface area contributed by atoms with E-state index in [2.05, 4.69) is 20.4 Å². The van der Waals surface area contributed by atoms with Gasteiger partial charge in [0.1, 0.15) is 0 Å². The topological polar surface area (TPSA) is 57.5 Å².